The van der Waals surface area contributed by atoms with E-state index >= 15 is 0 Å². The SMILES string of the molecule is COc1cn(C)c(=O)cc1-c1cc2c(n1C(C)C)C(c1ccc(Cl)cc1)N(c1cc(Cl)ccc1C)C2=O. The third-order valence-corrected chi connectivity index (χ3v) is 7.35. The van der Waals surface area contributed by atoms with Gasteiger partial charge in [0, 0.05) is 46.6 Å². The van der Waals surface area contributed by atoms with Gasteiger partial charge in [0.25, 0.3) is 11.5 Å². The molecule has 0 saturated carbocycles. The fourth-order valence-electron chi connectivity index (χ4n) is 5.13. The van der Waals surface area contributed by atoms with E-state index in [1.807, 2.05) is 55.5 Å². The molecule has 1 aliphatic rings. The van der Waals surface area contributed by atoms with Gasteiger partial charge in [-0.2, -0.15) is 0 Å². The second-order valence-corrected chi connectivity index (χ2v) is 10.4. The minimum atomic E-state index is -0.425. The largest absolute Gasteiger partial charge is 0.495 e. The Morgan fingerprint density at radius 1 is 0.919 bits per heavy atom. The van der Waals surface area contributed by atoms with E-state index < -0.39 is 6.04 Å². The molecule has 1 unspecified atom stereocenters. The molecule has 4 aromatic rings. The second-order valence-electron chi connectivity index (χ2n) is 9.56. The van der Waals surface area contributed by atoms with E-state index in [1.165, 1.54) is 4.57 Å². The van der Waals surface area contributed by atoms with Crippen LogP contribution in [0.2, 0.25) is 10.0 Å². The molecule has 1 amide bonds. The molecule has 5 rings (SSSR count). The Morgan fingerprint density at radius 3 is 2.24 bits per heavy atom. The van der Waals surface area contributed by atoms with E-state index in [9.17, 15) is 9.59 Å². The number of hydrogen-bond acceptors (Lipinski definition) is 3. The summed E-state index contributed by atoms with van der Waals surface area (Å²) >= 11 is 12.6. The molecular formula is C29H27Cl2N3O3. The van der Waals surface area contributed by atoms with E-state index in [1.54, 1.807) is 31.3 Å². The lowest BCUT2D eigenvalue weighted by molar-refractivity contribution is 0.0993. The fourth-order valence-corrected chi connectivity index (χ4v) is 5.43. The number of carbonyl (C=O) groups excluding carboxylic acids is 1. The molecule has 0 N–H and O–H groups in total. The van der Waals surface area contributed by atoms with Crippen molar-refractivity contribution in [2.75, 3.05) is 12.0 Å². The van der Waals surface area contributed by atoms with Crippen molar-refractivity contribution in [1.82, 2.24) is 9.13 Å². The van der Waals surface area contributed by atoms with Crippen molar-refractivity contribution in [2.45, 2.75) is 32.9 Å². The fraction of sp³-hybridized carbons (Fsp3) is 0.241. The van der Waals surface area contributed by atoms with Gasteiger partial charge in [0.2, 0.25) is 0 Å². The number of rotatable bonds is 5. The lowest BCUT2D eigenvalue weighted by Crippen LogP contribution is -2.30. The van der Waals surface area contributed by atoms with Crippen LogP contribution in [-0.4, -0.2) is 22.2 Å². The van der Waals surface area contributed by atoms with Gasteiger partial charge in [-0.25, -0.2) is 0 Å². The Morgan fingerprint density at radius 2 is 1.59 bits per heavy atom. The summed E-state index contributed by atoms with van der Waals surface area (Å²) in [5, 5.41) is 1.17. The zero-order valence-electron chi connectivity index (χ0n) is 21.3. The van der Waals surface area contributed by atoms with Crippen LogP contribution in [0.5, 0.6) is 5.75 Å². The van der Waals surface area contributed by atoms with Crippen molar-refractivity contribution in [1.29, 1.82) is 0 Å². The highest BCUT2D eigenvalue weighted by molar-refractivity contribution is 6.31. The summed E-state index contributed by atoms with van der Waals surface area (Å²) in [6.45, 7) is 6.09. The van der Waals surface area contributed by atoms with Gasteiger partial charge >= 0.3 is 0 Å². The topological polar surface area (TPSA) is 56.5 Å². The predicted molar refractivity (Wildman–Crippen MR) is 148 cm³/mol. The van der Waals surface area contributed by atoms with Crippen LogP contribution in [0, 0.1) is 6.92 Å². The van der Waals surface area contributed by atoms with Crippen LogP contribution in [0.4, 0.5) is 5.69 Å². The van der Waals surface area contributed by atoms with E-state index in [0.717, 1.165) is 28.2 Å². The third-order valence-electron chi connectivity index (χ3n) is 6.86. The van der Waals surface area contributed by atoms with Crippen LogP contribution in [-0.2, 0) is 7.05 Å². The number of aromatic nitrogens is 2. The summed E-state index contributed by atoms with van der Waals surface area (Å²) in [6, 6.07) is 16.1. The van der Waals surface area contributed by atoms with Crippen molar-refractivity contribution < 1.29 is 9.53 Å². The number of amides is 1. The molecule has 0 fully saturated rings. The van der Waals surface area contributed by atoms with Crippen LogP contribution in [0.1, 0.15) is 53.1 Å². The van der Waals surface area contributed by atoms with Crippen molar-refractivity contribution in [3.05, 3.63) is 104 Å². The van der Waals surface area contributed by atoms with E-state index in [0.29, 0.717) is 26.9 Å². The summed E-state index contributed by atoms with van der Waals surface area (Å²) in [4.78, 5) is 28.6. The lowest BCUT2D eigenvalue weighted by atomic mass is 10.0. The normalized spacial score (nSPS) is 15.0. The number of benzene rings is 2. The molecule has 6 nitrogen and oxygen atoms in total. The predicted octanol–water partition coefficient (Wildman–Crippen LogP) is 6.81. The summed E-state index contributed by atoms with van der Waals surface area (Å²) < 4.78 is 9.25. The van der Waals surface area contributed by atoms with Crippen LogP contribution in [0.15, 0.2) is 65.6 Å². The molecule has 0 radical (unpaired) electrons. The van der Waals surface area contributed by atoms with E-state index in [-0.39, 0.29) is 17.5 Å². The smallest absolute Gasteiger partial charge is 0.261 e. The van der Waals surface area contributed by atoms with Gasteiger partial charge < -0.3 is 13.9 Å². The standard InChI is InChI=1S/C29H27Cl2N3O3/c1-16(2)33-24(21-14-26(35)32(4)15-25(21)37-5)13-22-28(33)27(18-7-10-19(30)11-8-18)34(29(22)36)23-12-20(31)9-6-17(23)3/h6-16,27H,1-5H3. The molecule has 3 heterocycles. The molecule has 37 heavy (non-hydrogen) atoms. The summed E-state index contributed by atoms with van der Waals surface area (Å²) in [7, 11) is 3.26. The Hall–Kier alpha value is -3.48. The van der Waals surface area contributed by atoms with Gasteiger partial charge in [0.15, 0.2) is 0 Å². The molecule has 190 valence electrons. The third kappa shape index (κ3) is 4.14. The molecule has 0 saturated heterocycles. The highest BCUT2D eigenvalue weighted by Gasteiger charge is 2.44. The van der Waals surface area contributed by atoms with Gasteiger partial charge in [-0.1, -0.05) is 41.4 Å². The number of carbonyl (C=O) groups is 1. The quantitative estimate of drug-likeness (QED) is 0.282. The average molecular weight is 536 g/mol. The van der Waals surface area contributed by atoms with Crippen LogP contribution >= 0.6 is 23.2 Å². The molecule has 0 bridgehead atoms. The zero-order chi connectivity index (χ0) is 26.6. The molecular weight excluding hydrogens is 509 g/mol. The Bertz CT molecular complexity index is 1590. The first-order valence-electron chi connectivity index (χ1n) is 12.0. The Labute approximate surface area is 225 Å². The number of anilines is 1. The first kappa shape index (κ1) is 25.2. The first-order chi connectivity index (χ1) is 17.6. The number of hydrogen-bond donors (Lipinski definition) is 0. The highest BCUT2D eigenvalue weighted by Crippen LogP contribution is 2.48. The van der Waals surface area contributed by atoms with Crippen molar-refractivity contribution >= 4 is 34.8 Å². The summed E-state index contributed by atoms with van der Waals surface area (Å²) in [5.74, 6) is 0.418. The van der Waals surface area contributed by atoms with Gasteiger partial charge in [-0.05, 0) is 62.2 Å². The van der Waals surface area contributed by atoms with Crippen molar-refractivity contribution in [3.8, 4) is 17.0 Å². The van der Waals surface area contributed by atoms with Gasteiger partial charge in [-0.15, -0.1) is 0 Å². The van der Waals surface area contributed by atoms with E-state index in [2.05, 4.69) is 18.4 Å². The van der Waals surface area contributed by atoms with Crippen LogP contribution in [0.25, 0.3) is 11.3 Å². The number of ether oxygens (including phenoxy) is 1. The Balaban J connectivity index is 1.82. The number of pyridine rings is 1. The highest BCUT2D eigenvalue weighted by atomic mass is 35.5. The minimum absolute atomic E-state index is 0.0180. The maximum Gasteiger partial charge on any atom is 0.261 e. The van der Waals surface area contributed by atoms with Gasteiger partial charge in [0.1, 0.15) is 11.8 Å². The number of aryl methyl sites for hydroxylation is 2. The molecule has 2 aromatic carbocycles. The molecule has 0 spiro atoms. The number of methoxy groups -OCH3 is 1. The Kier molecular flexibility index (Phi) is 6.42. The average Bonchev–Trinajstić information content (AvgIpc) is 3.38. The lowest BCUT2D eigenvalue weighted by Gasteiger charge is -2.30. The van der Waals surface area contributed by atoms with Crippen molar-refractivity contribution in [2.24, 2.45) is 7.05 Å². The molecule has 8 heteroatoms. The maximum absolute atomic E-state index is 14.2. The van der Waals surface area contributed by atoms with Gasteiger partial charge in [0.05, 0.1) is 24.1 Å². The van der Waals surface area contributed by atoms with Crippen LogP contribution < -0.4 is 15.2 Å². The first-order valence-corrected chi connectivity index (χ1v) is 12.7. The van der Waals surface area contributed by atoms with Crippen molar-refractivity contribution in [3.63, 3.8) is 0 Å². The molecule has 1 atom stereocenters. The minimum Gasteiger partial charge on any atom is -0.495 e. The maximum atomic E-state index is 14.2. The molecule has 2 aromatic heterocycles. The van der Waals surface area contributed by atoms with Gasteiger partial charge in [-0.3, -0.25) is 14.5 Å². The number of nitrogens with zero attached hydrogens (tertiary/aromatic N) is 3. The molecule has 0 aliphatic carbocycles. The second kappa shape index (κ2) is 9.43. The molecule has 1 aliphatic heterocycles. The summed E-state index contributed by atoms with van der Waals surface area (Å²) in [5.41, 5.74) is 5.25. The summed E-state index contributed by atoms with van der Waals surface area (Å²) in [6.07, 6.45) is 1.67. The van der Waals surface area contributed by atoms with Crippen LogP contribution in [0.3, 0.4) is 0 Å². The zero-order valence-corrected chi connectivity index (χ0v) is 22.8. The monoisotopic (exact) mass is 535 g/mol. The number of halogens is 2. The number of fused-ring (bicyclic) bond motifs is 1. The van der Waals surface area contributed by atoms with E-state index in [4.69, 9.17) is 27.9 Å².